The van der Waals surface area contributed by atoms with Gasteiger partial charge in [0.05, 0.1) is 13.7 Å². The molecular formula is C14H21NO2. The fourth-order valence-corrected chi connectivity index (χ4v) is 1.82. The molecule has 1 heterocycles. The molecule has 17 heavy (non-hydrogen) atoms. The maximum absolute atomic E-state index is 9.39. The highest BCUT2D eigenvalue weighted by Gasteiger charge is 2.22. The lowest BCUT2D eigenvalue weighted by molar-refractivity contribution is 0.183. The average molecular weight is 235 g/mol. The largest absolute Gasteiger partial charge is 0.496 e. The number of hydrogen-bond acceptors (Lipinski definition) is 3. The molecule has 0 bridgehead atoms. The summed E-state index contributed by atoms with van der Waals surface area (Å²) in [5.74, 6) is 0.874. The Kier molecular flexibility index (Phi) is 4.29. The maximum atomic E-state index is 9.39. The SMILES string of the molecule is C=CC(C)(CO)Cc1ncc(C)c(OC)c1C. The van der Waals surface area contributed by atoms with E-state index in [1.165, 1.54) is 0 Å². The van der Waals surface area contributed by atoms with Gasteiger partial charge >= 0.3 is 0 Å². The maximum Gasteiger partial charge on any atom is 0.128 e. The normalized spacial score (nSPS) is 14.2. The topological polar surface area (TPSA) is 42.4 Å². The van der Waals surface area contributed by atoms with Gasteiger partial charge in [0.15, 0.2) is 0 Å². The number of nitrogens with zero attached hydrogens (tertiary/aromatic N) is 1. The second-order valence-electron chi connectivity index (χ2n) is 4.74. The van der Waals surface area contributed by atoms with Gasteiger partial charge in [0, 0.05) is 34.9 Å². The number of methoxy groups -OCH3 is 1. The monoisotopic (exact) mass is 235 g/mol. The molecule has 0 aliphatic carbocycles. The average Bonchev–Trinajstić information content (AvgIpc) is 2.33. The summed E-state index contributed by atoms with van der Waals surface area (Å²) in [6.45, 7) is 9.77. The van der Waals surface area contributed by atoms with E-state index in [1.54, 1.807) is 13.2 Å². The smallest absolute Gasteiger partial charge is 0.128 e. The number of aliphatic hydroxyl groups excluding tert-OH is 1. The minimum Gasteiger partial charge on any atom is -0.496 e. The molecule has 94 valence electrons. The van der Waals surface area contributed by atoms with Crippen molar-refractivity contribution >= 4 is 0 Å². The lowest BCUT2D eigenvalue weighted by atomic mass is 9.85. The first-order valence-electron chi connectivity index (χ1n) is 5.71. The molecule has 0 fully saturated rings. The summed E-state index contributed by atoms with van der Waals surface area (Å²) in [6.07, 6.45) is 4.25. The fourth-order valence-electron chi connectivity index (χ4n) is 1.82. The van der Waals surface area contributed by atoms with E-state index in [2.05, 4.69) is 11.6 Å². The molecule has 0 saturated carbocycles. The van der Waals surface area contributed by atoms with Crippen LogP contribution >= 0.6 is 0 Å². The summed E-state index contributed by atoms with van der Waals surface area (Å²) >= 11 is 0. The van der Waals surface area contributed by atoms with Crippen molar-refractivity contribution in [2.24, 2.45) is 5.41 Å². The van der Waals surface area contributed by atoms with Gasteiger partial charge in [-0.15, -0.1) is 6.58 Å². The first-order chi connectivity index (χ1) is 7.97. The minimum atomic E-state index is -0.335. The molecule has 0 amide bonds. The highest BCUT2D eigenvalue weighted by atomic mass is 16.5. The summed E-state index contributed by atoms with van der Waals surface area (Å²) in [4.78, 5) is 4.43. The standard InChI is InChI=1S/C14H21NO2/c1-6-14(4,9-16)7-12-11(3)13(17-5)10(2)8-15-12/h6,8,16H,1,7,9H2,2-5H3. The second-order valence-corrected chi connectivity index (χ2v) is 4.74. The lowest BCUT2D eigenvalue weighted by Gasteiger charge is -2.24. The third kappa shape index (κ3) is 2.86. The highest BCUT2D eigenvalue weighted by molar-refractivity contribution is 5.41. The van der Waals surface area contributed by atoms with Crippen LogP contribution in [0.3, 0.4) is 0 Å². The lowest BCUT2D eigenvalue weighted by Crippen LogP contribution is -2.22. The van der Waals surface area contributed by atoms with E-state index in [-0.39, 0.29) is 12.0 Å². The van der Waals surface area contributed by atoms with Gasteiger partial charge in [0.25, 0.3) is 0 Å². The van der Waals surface area contributed by atoms with Crippen molar-refractivity contribution in [1.82, 2.24) is 4.98 Å². The zero-order chi connectivity index (χ0) is 13.1. The van der Waals surface area contributed by atoms with E-state index in [0.29, 0.717) is 6.42 Å². The summed E-state index contributed by atoms with van der Waals surface area (Å²) in [6, 6.07) is 0. The van der Waals surface area contributed by atoms with Crippen LogP contribution in [-0.4, -0.2) is 23.8 Å². The Morgan fingerprint density at radius 2 is 2.18 bits per heavy atom. The summed E-state index contributed by atoms with van der Waals surface area (Å²) < 4.78 is 5.37. The van der Waals surface area contributed by atoms with E-state index in [1.807, 2.05) is 27.0 Å². The Morgan fingerprint density at radius 1 is 1.53 bits per heavy atom. The molecule has 0 aliphatic rings. The van der Waals surface area contributed by atoms with Crippen molar-refractivity contribution in [1.29, 1.82) is 0 Å². The zero-order valence-corrected chi connectivity index (χ0v) is 11.1. The zero-order valence-electron chi connectivity index (χ0n) is 11.1. The molecule has 1 atom stereocenters. The van der Waals surface area contributed by atoms with Crippen molar-refractivity contribution in [2.75, 3.05) is 13.7 Å². The molecule has 1 aromatic rings. The van der Waals surface area contributed by atoms with Crippen LogP contribution in [0.4, 0.5) is 0 Å². The first kappa shape index (κ1) is 13.7. The van der Waals surface area contributed by atoms with Crippen LogP contribution in [-0.2, 0) is 6.42 Å². The molecule has 0 radical (unpaired) electrons. The molecular weight excluding hydrogens is 214 g/mol. The van der Waals surface area contributed by atoms with Gasteiger partial charge in [0.2, 0.25) is 0 Å². The number of aliphatic hydroxyl groups is 1. The van der Waals surface area contributed by atoms with Crippen molar-refractivity contribution in [3.8, 4) is 5.75 Å². The Morgan fingerprint density at radius 3 is 2.65 bits per heavy atom. The third-order valence-electron chi connectivity index (χ3n) is 3.18. The van der Waals surface area contributed by atoms with Crippen molar-refractivity contribution in [3.63, 3.8) is 0 Å². The van der Waals surface area contributed by atoms with Gasteiger partial charge in [-0.2, -0.15) is 0 Å². The Labute approximate surface area is 103 Å². The number of pyridine rings is 1. The van der Waals surface area contributed by atoms with Crippen LogP contribution in [0.5, 0.6) is 5.75 Å². The van der Waals surface area contributed by atoms with Gasteiger partial charge in [-0.25, -0.2) is 0 Å². The molecule has 0 saturated heterocycles. The number of hydrogen-bond donors (Lipinski definition) is 1. The van der Waals surface area contributed by atoms with Crippen LogP contribution in [0.1, 0.15) is 23.7 Å². The minimum absolute atomic E-state index is 0.0633. The van der Waals surface area contributed by atoms with Gasteiger partial charge in [0.1, 0.15) is 5.75 Å². The van der Waals surface area contributed by atoms with E-state index in [9.17, 15) is 5.11 Å². The molecule has 0 spiro atoms. The van der Waals surface area contributed by atoms with Crippen LogP contribution in [0.2, 0.25) is 0 Å². The van der Waals surface area contributed by atoms with Crippen molar-refractivity contribution < 1.29 is 9.84 Å². The molecule has 3 heteroatoms. The predicted octanol–water partition coefficient (Wildman–Crippen LogP) is 2.43. The second kappa shape index (κ2) is 5.32. The summed E-state index contributed by atoms with van der Waals surface area (Å²) in [5, 5.41) is 9.39. The van der Waals surface area contributed by atoms with Crippen LogP contribution < -0.4 is 4.74 Å². The Balaban J connectivity index is 3.12. The van der Waals surface area contributed by atoms with E-state index in [0.717, 1.165) is 22.6 Å². The molecule has 1 rings (SSSR count). The quantitative estimate of drug-likeness (QED) is 0.797. The summed E-state index contributed by atoms with van der Waals surface area (Å²) in [5.41, 5.74) is 2.67. The number of rotatable bonds is 5. The van der Waals surface area contributed by atoms with Crippen LogP contribution in [0.15, 0.2) is 18.9 Å². The molecule has 0 aliphatic heterocycles. The van der Waals surface area contributed by atoms with Crippen molar-refractivity contribution in [2.45, 2.75) is 27.2 Å². The van der Waals surface area contributed by atoms with E-state index >= 15 is 0 Å². The van der Waals surface area contributed by atoms with E-state index in [4.69, 9.17) is 4.74 Å². The van der Waals surface area contributed by atoms with Crippen LogP contribution in [0, 0.1) is 19.3 Å². The van der Waals surface area contributed by atoms with E-state index < -0.39 is 0 Å². The third-order valence-corrected chi connectivity index (χ3v) is 3.18. The molecule has 0 aromatic carbocycles. The van der Waals surface area contributed by atoms with Gasteiger partial charge in [-0.05, 0) is 13.8 Å². The first-order valence-corrected chi connectivity index (χ1v) is 5.71. The Bertz CT molecular complexity index is 415. The highest BCUT2D eigenvalue weighted by Crippen LogP contribution is 2.29. The molecule has 1 N–H and O–H groups in total. The number of aryl methyl sites for hydroxylation is 1. The van der Waals surface area contributed by atoms with Crippen LogP contribution in [0.25, 0.3) is 0 Å². The number of aromatic nitrogens is 1. The molecule has 1 aromatic heterocycles. The fraction of sp³-hybridized carbons (Fsp3) is 0.500. The van der Waals surface area contributed by atoms with Gasteiger partial charge in [-0.3, -0.25) is 4.98 Å². The molecule has 3 nitrogen and oxygen atoms in total. The summed E-state index contributed by atoms with van der Waals surface area (Å²) in [7, 11) is 1.66. The number of ether oxygens (including phenoxy) is 1. The molecule has 1 unspecified atom stereocenters. The van der Waals surface area contributed by atoms with Gasteiger partial charge in [-0.1, -0.05) is 13.0 Å². The predicted molar refractivity (Wildman–Crippen MR) is 69.4 cm³/mol. The van der Waals surface area contributed by atoms with Gasteiger partial charge < -0.3 is 9.84 Å². The Hall–Kier alpha value is -1.35. The van der Waals surface area contributed by atoms with Crippen molar-refractivity contribution in [3.05, 3.63) is 35.7 Å².